The molecule has 6 nitrogen and oxygen atoms in total. The van der Waals surface area contributed by atoms with Gasteiger partial charge in [-0.25, -0.2) is 9.59 Å². The number of hydrogen-bond acceptors (Lipinski definition) is 5. The largest absolute Gasteiger partial charge is 0.479 e. The number of carboxylic acid groups (broad SMARTS) is 1. The number of nitrogens with two attached hydrogens (primary N) is 1. The molecular weight excluding hydrogens is 334 g/mol. The molecule has 0 amide bonds. The molecule has 0 aromatic heterocycles. The Morgan fingerprint density at radius 1 is 1.12 bits per heavy atom. The molecule has 4 N–H and O–H groups in total. The Kier molecular flexibility index (Phi) is 4.80. The van der Waals surface area contributed by atoms with E-state index in [0.717, 1.165) is 22.3 Å². The molecule has 2 atom stereocenters. The zero-order valence-electron chi connectivity index (χ0n) is 14.4. The highest BCUT2D eigenvalue weighted by Gasteiger charge is 2.50. The van der Waals surface area contributed by atoms with Gasteiger partial charge in [0.25, 0.3) is 0 Å². The summed E-state index contributed by atoms with van der Waals surface area (Å²) >= 11 is 0. The second-order valence-electron chi connectivity index (χ2n) is 6.42. The smallest absolute Gasteiger partial charge is 0.340 e. The van der Waals surface area contributed by atoms with Gasteiger partial charge in [0, 0.05) is 5.92 Å². The fourth-order valence-electron chi connectivity index (χ4n) is 3.41. The highest BCUT2D eigenvalue weighted by molar-refractivity contribution is 6.04. The van der Waals surface area contributed by atoms with Crippen molar-refractivity contribution in [2.75, 3.05) is 6.61 Å². The zero-order valence-corrected chi connectivity index (χ0v) is 14.4. The fourth-order valence-corrected chi connectivity index (χ4v) is 3.41. The molecular formula is C20H21NO5. The third kappa shape index (κ3) is 2.77. The van der Waals surface area contributed by atoms with Crippen molar-refractivity contribution in [3.8, 4) is 11.1 Å². The molecule has 0 saturated heterocycles. The average Bonchev–Trinajstić information content (AvgIpc) is 2.98. The van der Waals surface area contributed by atoms with Gasteiger partial charge in [-0.2, -0.15) is 0 Å². The highest BCUT2D eigenvalue weighted by Crippen LogP contribution is 2.44. The molecule has 0 saturated carbocycles. The number of aliphatic hydroxyl groups is 1. The number of aliphatic hydroxyl groups excluding tert-OH is 1. The van der Waals surface area contributed by atoms with Gasteiger partial charge in [0.15, 0.2) is 0 Å². The van der Waals surface area contributed by atoms with Crippen LogP contribution in [0.1, 0.15) is 30.4 Å². The molecule has 1 aliphatic rings. The minimum atomic E-state index is -2.48. The lowest BCUT2D eigenvalue weighted by Crippen LogP contribution is -2.63. The van der Waals surface area contributed by atoms with E-state index < -0.39 is 23.6 Å². The van der Waals surface area contributed by atoms with Gasteiger partial charge in [-0.3, -0.25) is 0 Å². The molecule has 1 aliphatic carbocycles. The molecule has 6 heteroatoms. The van der Waals surface area contributed by atoms with Crippen LogP contribution in [-0.2, 0) is 14.3 Å². The van der Waals surface area contributed by atoms with E-state index in [-0.39, 0.29) is 18.9 Å². The number of rotatable bonds is 6. The maximum absolute atomic E-state index is 12.4. The van der Waals surface area contributed by atoms with Crippen molar-refractivity contribution in [2.45, 2.75) is 30.9 Å². The Morgan fingerprint density at radius 3 is 2.08 bits per heavy atom. The predicted octanol–water partition coefficient (Wildman–Crippen LogP) is 1.90. The quantitative estimate of drug-likeness (QED) is 0.539. The van der Waals surface area contributed by atoms with Gasteiger partial charge < -0.3 is 20.7 Å². The lowest BCUT2D eigenvalue weighted by atomic mass is 9.91. The molecule has 2 unspecified atom stereocenters. The second kappa shape index (κ2) is 6.90. The van der Waals surface area contributed by atoms with E-state index in [1.165, 1.54) is 0 Å². The number of carbonyl (C=O) groups is 2. The van der Waals surface area contributed by atoms with Crippen molar-refractivity contribution < 1.29 is 24.5 Å². The topological polar surface area (TPSA) is 110 Å². The van der Waals surface area contributed by atoms with Crippen molar-refractivity contribution in [1.29, 1.82) is 0 Å². The van der Waals surface area contributed by atoms with Crippen molar-refractivity contribution in [1.82, 2.24) is 0 Å². The first-order valence-electron chi connectivity index (χ1n) is 8.47. The Hall–Kier alpha value is -2.70. The average molecular weight is 355 g/mol. The van der Waals surface area contributed by atoms with Crippen LogP contribution < -0.4 is 5.73 Å². The van der Waals surface area contributed by atoms with Gasteiger partial charge >= 0.3 is 11.9 Å². The summed E-state index contributed by atoms with van der Waals surface area (Å²) in [6.07, 6.45) is -1.51. The molecule has 0 radical (unpaired) electrons. The summed E-state index contributed by atoms with van der Waals surface area (Å²) in [7, 11) is 0. The first-order valence-corrected chi connectivity index (χ1v) is 8.47. The Bertz CT molecular complexity index is 804. The molecule has 0 aliphatic heterocycles. The summed E-state index contributed by atoms with van der Waals surface area (Å²) in [5, 5.41) is 19.2. The molecule has 3 rings (SSSR count). The van der Waals surface area contributed by atoms with Crippen LogP contribution in [0, 0.1) is 0 Å². The van der Waals surface area contributed by atoms with Gasteiger partial charge in [-0.15, -0.1) is 0 Å². The number of ether oxygens (including phenoxy) is 1. The number of esters is 1. The van der Waals surface area contributed by atoms with Crippen molar-refractivity contribution >= 4 is 11.9 Å². The Morgan fingerprint density at radius 2 is 1.62 bits per heavy atom. The number of carbonyl (C=O) groups excluding carboxylic acids is 1. The van der Waals surface area contributed by atoms with Gasteiger partial charge in [-0.05, 0) is 28.7 Å². The molecule has 0 heterocycles. The van der Waals surface area contributed by atoms with Crippen LogP contribution in [-0.4, -0.2) is 40.4 Å². The molecule has 2 aromatic carbocycles. The second-order valence-corrected chi connectivity index (χ2v) is 6.42. The van der Waals surface area contributed by atoms with Crippen LogP contribution in [0.5, 0.6) is 0 Å². The molecule has 0 spiro atoms. The minimum Gasteiger partial charge on any atom is -0.479 e. The van der Waals surface area contributed by atoms with E-state index in [0.29, 0.717) is 0 Å². The predicted molar refractivity (Wildman–Crippen MR) is 95.5 cm³/mol. The molecule has 2 aromatic rings. The van der Waals surface area contributed by atoms with E-state index in [1.54, 1.807) is 6.92 Å². The molecule has 136 valence electrons. The fraction of sp³-hybridized carbons (Fsp3) is 0.300. The van der Waals surface area contributed by atoms with Crippen molar-refractivity contribution in [3.05, 3.63) is 59.7 Å². The number of fused-ring (bicyclic) bond motifs is 3. The SMILES string of the molecule is CCC(O)C(N)(C(=O)O)C(=O)OCC1c2ccccc2-c2ccccc21. The summed E-state index contributed by atoms with van der Waals surface area (Å²) in [5.74, 6) is -2.95. The normalized spacial score (nSPS) is 16.3. The summed E-state index contributed by atoms with van der Waals surface area (Å²) in [4.78, 5) is 23.9. The van der Waals surface area contributed by atoms with Crippen LogP contribution in [0.4, 0.5) is 0 Å². The molecule has 0 fully saturated rings. The van der Waals surface area contributed by atoms with E-state index in [1.807, 2.05) is 48.5 Å². The maximum atomic E-state index is 12.4. The third-order valence-corrected chi connectivity index (χ3v) is 4.95. The standard InChI is InChI=1S/C20H21NO5/c1-2-17(22)20(21,18(23)24)19(25)26-11-16-14-9-5-3-7-12(14)13-8-4-6-10-15(13)16/h3-10,16-17,22H,2,11,21H2,1H3,(H,23,24). The van der Waals surface area contributed by atoms with Gasteiger partial charge in [0.05, 0.1) is 6.10 Å². The zero-order chi connectivity index (χ0) is 18.9. The third-order valence-electron chi connectivity index (χ3n) is 4.95. The van der Waals surface area contributed by atoms with Crippen molar-refractivity contribution in [2.24, 2.45) is 5.73 Å². The molecule has 0 bridgehead atoms. The highest BCUT2D eigenvalue weighted by atomic mass is 16.5. The van der Waals surface area contributed by atoms with E-state index >= 15 is 0 Å². The number of aliphatic carboxylic acids is 1. The first kappa shape index (κ1) is 18.1. The van der Waals surface area contributed by atoms with Crippen molar-refractivity contribution in [3.63, 3.8) is 0 Å². The van der Waals surface area contributed by atoms with Crippen LogP contribution in [0.15, 0.2) is 48.5 Å². The van der Waals surface area contributed by atoms with E-state index in [4.69, 9.17) is 10.5 Å². The van der Waals surface area contributed by atoms with Crippen LogP contribution in [0.2, 0.25) is 0 Å². The van der Waals surface area contributed by atoms with E-state index in [9.17, 15) is 19.8 Å². The summed E-state index contributed by atoms with van der Waals surface area (Å²) in [5.41, 5.74) is 7.36. The lowest BCUT2D eigenvalue weighted by Gasteiger charge is -2.27. The number of hydrogen-bond donors (Lipinski definition) is 3. The summed E-state index contributed by atoms with van der Waals surface area (Å²) in [6, 6.07) is 15.6. The Labute approximate surface area is 151 Å². The maximum Gasteiger partial charge on any atom is 0.340 e. The monoisotopic (exact) mass is 355 g/mol. The lowest BCUT2D eigenvalue weighted by molar-refractivity contribution is -0.167. The Balaban J connectivity index is 1.86. The van der Waals surface area contributed by atoms with Gasteiger partial charge in [0.1, 0.15) is 6.61 Å². The number of carboxylic acids is 1. The van der Waals surface area contributed by atoms with Crippen LogP contribution in [0.25, 0.3) is 11.1 Å². The number of benzene rings is 2. The first-order chi connectivity index (χ1) is 12.4. The summed E-state index contributed by atoms with van der Waals surface area (Å²) in [6.45, 7) is 1.50. The van der Waals surface area contributed by atoms with E-state index in [2.05, 4.69) is 0 Å². The van der Waals surface area contributed by atoms with Gasteiger partial charge in [0.2, 0.25) is 5.54 Å². The van der Waals surface area contributed by atoms with Crippen LogP contribution >= 0.6 is 0 Å². The molecule has 26 heavy (non-hydrogen) atoms. The van der Waals surface area contributed by atoms with Gasteiger partial charge in [-0.1, -0.05) is 55.5 Å². The van der Waals surface area contributed by atoms with Crippen LogP contribution in [0.3, 0.4) is 0 Å². The summed E-state index contributed by atoms with van der Waals surface area (Å²) < 4.78 is 5.28. The minimum absolute atomic E-state index is 0.0208.